The first-order valence-corrected chi connectivity index (χ1v) is 5.65. The summed E-state index contributed by atoms with van der Waals surface area (Å²) in [6, 6.07) is 0. The molecule has 2 N–H and O–H groups in total. The maximum absolute atomic E-state index is 9.62. The predicted molar refractivity (Wildman–Crippen MR) is 63.4 cm³/mol. The monoisotopic (exact) mass is 234 g/mol. The van der Waals surface area contributed by atoms with Gasteiger partial charge in [-0.25, -0.2) is 0 Å². The second-order valence-corrected chi connectivity index (χ2v) is 5.98. The van der Waals surface area contributed by atoms with Gasteiger partial charge in [-0.15, -0.1) is 0 Å². The Labute approximate surface area is 98.6 Å². The van der Waals surface area contributed by atoms with E-state index in [1.807, 2.05) is 41.5 Å². The van der Waals surface area contributed by atoms with Gasteiger partial charge in [0.2, 0.25) is 0 Å². The zero-order valence-electron chi connectivity index (χ0n) is 11.3. The van der Waals surface area contributed by atoms with Gasteiger partial charge in [0, 0.05) is 0 Å². The van der Waals surface area contributed by atoms with E-state index in [0.29, 0.717) is 0 Å². The van der Waals surface area contributed by atoms with E-state index in [-0.39, 0.29) is 24.4 Å². The van der Waals surface area contributed by atoms with Crippen LogP contribution in [0, 0.1) is 0 Å². The second-order valence-electron chi connectivity index (χ2n) is 5.98. The average molecular weight is 234 g/mol. The highest BCUT2D eigenvalue weighted by Crippen LogP contribution is 2.11. The smallest absolute Gasteiger partial charge is 0.105 e. The van der Waals surface area contributed by atoms with Crippen LogP contribution in [0.1, 0.15) is 41.5 Å². The summed E-state index contributed by atoms with van der Waals surface area (Å²) in [5.41, 5.74) is -0.628. The number of aliphatic hydroxyl groups is 2. The van der Waals surface area contributed by atoms with Crippen LogP contribution < -0.4 is 0 Å². The van der Waals surface area contributed by atoms with Gasteiger partial charge in [0.15, 0.2) is 0 Å². The van der Waals surface area contributed by atoms with Crippen LogP contribution in [0.5, 0.6) is 0 Å². The lowest BCUT2D eigenvalue weighted by atomic mass is 10.1. The third-order valence-corrected chi connectivity index (χ3v) is 1.82. The number of hydrogen-bond acceptors (Lipinski definition) is 4. The van der Waals surface area contributed by atoms with Crippen LogP contribution in [0.2, 0.25) is 0 Å². The van der Waals surface area contributed by atoms with Crippen molar-refractivity contribution in [3.05, 3.63) is 0 Å². The molecular formula is C12H26O4. The Bertz CT molecular complexity index is 168. The van der Waals surface area contributed by atoms with Crippen molar-refractivity contribution in [3.63, 3.8) is 0 Å². The molecule has 0 aromatic rings. The number of rotatable bonds is 5. The molecule has 0 radical (unpaired) electrons. The van der Waals surface area contributed by atoms with Gasteiger partial charge in [-0.1, -0.05) is 0 Å². The molecule has 0 bridgehead atoms. The highest BCUT2D eigenvalue weighted by Gasteiger charge is 2.22. The summed E-state index contributed by atoms with van der Waals surface area (Å²) in [7, 11) is 0. The van der Waals surface area contributed by atoms with Crippen LogP contribution in [0.4, 0.5) is 0 Å². The first-order valence-electron chi connectivity index (χ1n) is 5.65. The third kappa shape index (κ3) is 9.09. The van der Waals surface area contributed by atoms with Gasteiger partial charge in [0.25, 0.3) is 0 Å². The fourth-order valence-electron chi connectivity index (χ4n) is 0.893. The molecule has 0 fully saturated rings. The molecule has 16 heavy (non-hydrogen) atoms. The first kappa shape index (κ1) is 15.8. The van der Waals surface area contributed by atoms with Crippen LogP contribution in [0.15, 0.2) is 0 Å². The number of hydrogen-bond donors (Lipinski definition) is 2. The van der Waals surface area contributed by atoms with E-state index in [2.05, 4.69) is 0 Å². The van der Waals surface area contributed by atoms with Crippen molar-refractivity contribution in [2.24, 2.45) is 0 Å². The van der Waals surface area contributed by atoms with Crippen molar-refractivity contribution in [1.29, 1.82) is 0 Å². The summed E-state index contributed by atoms with van der Waals surface area (Å²) >= 11 is 0. The number of aliphatic hydroxyl groups excluding tert-OH is 2. The molecule has 0 aliphatic rings. The molecule has 98 valence electrons. The molecule has 0 aliphatic heterocycles. The van der Waals surface area contributed by atoms with E-state index < -0.39 is 12.2 Å². The van der Waals surface area contributed by atoms with Gasteiger partial charge >= 0.3 is 0 Å². The van der Waals surface area contributed by atoms with E-state index in [0.717, 1.165) is 0 Å². The van der Waals surface area contributed by atoms with E-state index in [1.165, 1.54) is 0 Å². The highest BCUT2D eigenvalue weighted by atomic mass is 16.5. The fourth-order valence-corrected chi connectivity index (χ4v) is 0.893. The molecule has 0 aliphatic carbocycles. The van der Waals surface area contributed by atoms with Gasteiger partial charge in [0.05, 0.1) is 24.4 Å². The third-order valence-electron chi connectivity index (χ3n) is 1.82. The lowest BCUT2D eigenvalue weighted by Gasteiger charge is -2.26. The molecule has 0 spiro atoms. The van der Waals surface area contributed by atoms with E-state index in [1.54, 1.807) is 0 Å². The van der Waals surface area contributed by atoms with Crippen LogP contribution in [-0.4, -0.2) is 46.8 Å². The summed E-state index contributed by atoms with van der Waals surface area (Å²) < 4.78 is 10.8. The van der Waals surface area contributed by atoms with Gasteiger partial charge in [-0.3, -0.25) is 0 Å². The van der Waals surface area contributed by atoms with Crippen molar-refractivity contribution < 1.29 is 19.7 Å². The molecule has 0 heterocycles. The maximum atomic E-state index is 9.62. The van der Waals surface area contributed by atoms with E-state index >= 15 is 0 Å². The Kier molecular flexibility index (Phi) is 5.90. The Hall–Kier alpha value is -0.160. The molecule has 4 nitrogen and oxygen atoms in total. The molecule has 0 aromatic heterocycles. The van der Waals surface area contributed by atoms with Gasteiger partial charge in [-0.05, 0) is 41.5 Å². The first-order chi connectivity index (χ1) is 7.01. The van der Waals surface area contributed by atoms with Crippen LogP contribution in [-0.2, 0) is 9.47 Å². The van der Waals surface area contributed by atoms with Crippen molar-refractivity contribution in [1.82, 2.24) is 0 Å². The molecule has 0 saturated carbocycles. The van der Waals surface area contributed by atoms with Crippen LogP contribution in [0.25, 0.3) is 0 Å². The number of ether oxygens (including phenoxy) is 2. The topological polar surface area (TPSA) is 58.9 Å². The summed E-state index contributed by atoms with van der Waals surface area (Å²) in [6.45, 7) is 11.6. The van der Waals surface area contributed by atoms with Gasteiger partial charge < -0.3 is 19.7 Å². The summed E-state index contributed by atoms with van der Waals surface area (Å²) in [6.07, 6.45) is -1.83. The Morgan fingerprint density at radius 3 is 1.19 bits per heavy atom. The minimum Gasteiger partial charge on any atom is -0.388 e. The molecule has 0 saturated heterocycles. The lowest BCUT2D eigenvalue weighted by molar-refractivity contribution is -0.120. The normalized spacial score (nSPS) is 17.2. The molecule has 0 rings (SSSR count). The van der Waals surface area contributed by atoms with Gasteiger partial charge in [0.1, 0.15) is 12.2 Å². The average Bonchev–Trinajstić information content (AvgIpc) is 2.07. The van der Waals surface area contributed by atoms with Gasteiger partial charge in [-0.2, -0.15) is 0 Å². The molecule has 2 atom stereocenters. The highest BCUT2D eigenvalue weighted by molar-refractivity contribution is 4.70. The van der Waals surface area contributed by atoms with Crippen molar-refractivity contribution in [2.75, 3.05) is 13.2 Å². The standard InChI is InChI=1S/C12H26O4/c1-11(2,3)15-7-9(13)10(14)8-16-12(4,5)6/h9-10,13-14H,7-8H2,1-6H3/t9-,10-/m0/s1. The zero-order chi connectivity index (χ0) is 13.0. The Balaban J connectivity index is 3.86. The van der Waals surface area contributed by atoms with Crippen molar-refractivity contribution in [2.45, 2.75) is 65.0 Å². The van der Waals surface area contributed by atoms with Crippen LogP contribution >= 0.6 is 0 Å². The Morgan fingerprint density at radius 2 is 1.00 bits per heavy atom. The minimum atomic E-state index is -0.915. The minimum absolute atomic E-state index is 0.109. The molecular weight excluding hydrogens is 208 g/mol. The van der Waals surface area contributed by atoms with E-state index in [9.17, 15) is 10.2 Å². The lowest BCUT2D eigenvalue weighted by Crippen LogP contribution is -2.38. The van der Waals surface area contributed by atoms with E-state index in [4.69, 9.17) is 9.47 Å². The second kappa shape index (κ2) is 5.96. The predicted octanol–water partition coefficient (Wildman–Crippen LogP) is 1.34. The summed E-state index contributed by atoms with van der Waals surface area (Å²) in [5, 5.41) is 19.2. The molecule has 4 heteroatoms. The zero-order valence-corrected chi connectivity index (χ0v) is 11.3. The quantitative estimate of drug-likeness (QED) is 0.753. The molecule has 0 aromatic carbocycles. The van der Waals surface area contributed by atoms with Crippen molar-refractivity contribution >= 4 is 0 Å². The Morgan fingerprint density at radius 1 is 0.750 bits per heavy atom. The summed E-state index contributed by atoms with van der Waals surface area (Å²) in [4.78, 5) is 0. The summed E-state index contributed by atoms with van der Waals surface area (Å²) in [5.74, 6) is 0. The largest absolute Gasteiger partial charge is 0.388 e. The van der Waals surface area contributed by atoms with Crippen LogP contribution in [0.3, 0.4) is 0 Å². The van der Waals surface area contributed by atoms with Crippen molar-refractivity contribution in [3.8, 4) is 0 Å². The molecule has 0 unspecified atom stereocenters. The SMILES string of the molecule is CC(C)(C)OC[C@H](O)[C@@H](O)COC(C)(C)C. The molecule has 0 amide bonds. The fraction of sp³-hybridized carbons (Fsp3) is 1.00. The maximum Gasteiger partial charge on any atom is 0.105 e.